The number of rotatable bonds is 8. The van der Waals surface area contributed by atoms with Crippen molar-refractivity contribution in [1.29, 1.82) is 15.8 Å². The van der Waals surface area contributed by atoms with Crippen molar-refractivity contribution in [2.75, 3.05) is 0 Å². The Morgan fingerprint density at radius 3 is 0.940 bits per heavy atom. The molecule has 0 unspecified atom stereocenters. The fourth-order valence-corrected chi connectivity index (χ4v) is 11.0. The summed E-state index contributed by atoms with van der Waals surface area (Å²) in [6.07, 6.45) is 0. The Morgan fingerprint density at radius 2 is 0.566 bits per heavy atom. The Hall–Kier alpha value is -11.3. The van der Waals surface area contributed by atoms with Crippen LogP contribution in [-0.4, -0.2) is 0 Å². The number of hydrogen-bond acceptors (Lipinski definition) is 5. The van der Waals surface area contributed by atoms with Gasteiger partial charge in [-0.15, -0.1) is 0 Å². The second kappa shape index (κ2) is 23.2. The molecular weight excluding hydrogens is 1010 g/mol. The zero-order valence-electron chi connectivity index (χ0n) is 46.1. The van der Waals surface area contributed by atoms with E-state index in [0.29, 0.717) is 16.7 Å². The molecule has 5 heteroatoms. The number of nitriles is 3. The predicted octanol–water partition coefficient (Wildman–Crippen LogP) is 21.5. The van der Waals surface area contributed by atoms with Gasteiger partial charge in [0.2, 0.25) is 0 Å². The van der Waals surface area contributed by atoms with Crippen molar-refractivity contribution in [3.8, 4) is 107 Å². The summed E-state index contributed by atoms with van der Waals surface area (Å²) in [6, 6.07) is 97.6. The molecule has 0 radical (unpaired) electrons. The van der Waals surface area contributed by atoms with Gasteiger partial charge in [0.1, 0.15) is 34.5 Å². The van der Waals surface area contributed by atoms with Crippen LogP contribution in [-0.2, 0) is 0 Å². The van der Waals surface area contributed by atoms with Gasteiger partial charge in [-0.25, -0.2) is 0 Å². The smallest absolute Gasteiger partial charge is 0.136 e. The standard InChI is InChI=1S/C38H22N2O.C38H25NO.C2H6/c39-23-25-11-13-26(14-12-25)29-15-17-37-34(19-29)35-20-30(16-18-38(35)41-37)31-21-32(27-7-3-1-4-8-27)36(24-40)33(22-31)28-9-5-2-6-10-28;1-25-12-14-26(15-13-25)30-16-18-32-35-20-29(17-19-37(35)40-38(32)23-30)31-21-33(27-8-4-2-5-9-27)36(24-39)34(22-31)28-10-6-3-7-11-28;1-2/h1-22H;2-23H,1H3;1-2H3. The van der Waals surface area contributed by atoms with E-state index in [0.717, 1.165) is 127 Å². The molecule has 83 heavy (non-hydrogen) atoms. The molecule has 0 aliphatic heterocycles. The first kappa shape index (κ1) is 52.4. The molecule has 14 aromatic rings. The zero-order valence-corrected chi connectivity index (χ0v) is 46.1. The average Bonchev–Trinajstić information content (AvgIpc) is 3.75. The lowest BCUT2D eigenvalue weighted by atomic mass is 9.88. The summed E-state index contributed by atoms with van der Waals surface area (Å²) in [5, 5.41) is 34.0. The number of furan rings is 2. The third kappa shape index (κ3) is 10.5. The third-order valence-corrected chi connectivity index (χ3v) is 15.2. The minimum absolute atomic E-state index is 0.639. The van der Waals surface area contributed by atoms with Crippen LogP contribution in [0.5, 0.6) is 0 Å². The normalized spacial score (nSPS) is 10.8. The van der Waals surface area contributed by atoms with Crippen molar-refractivity contribution in [3.05, 3.63) is 289 Å². The summed E-state index contributed by atoms with van der Waals surface area (Å²) in [5.74, 6) is 0. The summed E-state index contributed by atoms with van der Waals surface area (Å²) < 4.78 is 12.5. The molecule has 0 saturated carbocycles. The number of aryl methyl sites for hydroxylation is 1. The highest BCUT2D eigenvalue weighted by Crippen LogP contribution is 2.42. The Morgan fingerprint density at radius 1 is 0.253 bits per heavy atom. The van der Waals surface area contributed by atoms with E-state index in [1.165, 1.54) is 11.1 Å². The molecule has 2 heterocycles. The first-order valence-electron chi connectivity index (χ1n) is 27.8. The largest absolute Gasteiger partial charge is 0.456 e. The quantitative estimate of drug-likeness (QED) is 0.151. The summed E-state index contributed by atoms with van der Waals surface area (Å²) >= 11 is 0. The van der Waals surface area contributed by atoms with Gasteiger partial charge in [-0.3, -0.25) is 0 Å². The van der Waals surface area contributed by atoms with Crippen LogP contribution >= 0.6 is 0 Å². The number of fused-ring (bicyclic) bond motifs is 6. The first-order chi connectivity index (χ1) is 40.9. The lowest BCUT2D eigenvalue weighted by Crippen LogP contribution is -1.92. The highest BCUT2D eigenvalue weighted by atomic mass is 16.3. The Balaban J connectivity index is 0.000000159. The van der Waals surface area contributed by atoms with Crippen molar-refractivity contribution >= 4 is 43.9 Å². The van der Waals surface area contributed by atoms with E-state index < -0.39 is 0 Å². The van der Waals surface area contributed by atoms with Gasteiger partial charge in [-0.2, -0.15) is 15.8 Å². The second-order valence-corrected chi connectivity index (χ2v) is 20.2. The fraction of sp³-hybridized carbons (Fsp3) is 0.0385. The molecule has 12 aromatic carbocycles. The van der Waals surface area contributed by atoms with Crippen molar-refractivity contribution in [2.45, 2.75) is 20.8 Å². The molecule has 0 saturated heterocycles. The highest BCUT2D eigenvalue weighted by Gasteiger charge is 2.19. The first-order valence-corrected chi connectivity index (χ1v) is 27.8. The predicted molar refractivity (Wildman–Crippen MR) is 341 cm³/mol. The molecule has 392 valence electrons. The molecule has 14 rings (SSSR count). The van der Waals surface area contributed by atoms with Crippen LogP contribution in [0.4, 0.5) is 0 Å². The topological polar surface area (TPSA) is 97.7 Å². The molecule has 0 atom stereocenters. The molecule has 5 nitrogen and oxygen atoms in total. The number of hydrogen-bond donors (Lipinski definition) is 0. The summed E-state index contributed by atoms with van der Waals surface area (Å²) in [6.45, 7) is 6.10. The number of benzene rings is 12. The molecule has 0 aliphatic carbocycles. The van der Waals surface area contributed by atoms with Crippen LogP contribution in [0.15, 0.2) is 276 Å². The average molecular weight is 1060 g/mol. The van der Waals surface area contributed by atoms with Crippen LogP contribution in [0, 0.1) is 40.9 Å². The van der Waals surface area contributed by atoms with E-state index in [-0.39, 0.29) is 0 Å². The van der Waals surface area contributed by atoms with Crippen molar-refractivity contribution in [1.82, 2.24) is 0 Å². The van der Waals surface area contributed by atoms with Gasteiger partial charge in [0.15, 0.2) is 0 Å². The maximum atomic E-state index is 10.3. The summed E-state index contributed by atoms with van der Waals surface area (Å²) in [4.78, 5) is 0. The minimum Gasteiger partial charge on any atom is -0.456 e. The fourth-order valence-electron chi connectivity index (χ4n) is 11.0. The molecule has 0 N–H and O–H groups in total. The van der Waals surface area contributed by atoms with Gasteiger partial charge in [0.05, 0.1) is 22.8 Å². The van der Waals surface area contributed by atoms with E-state index in [1.54, 1.807) is 0 Å². The van der Waals surface area contributed by atoms with Crippen LogP contribution in [0.25, 0.3) is 133 Å². The van der Waals surface area contributed by atoms with Crippen LogP contribution < -0.4 is 0 Å². The van der Waals surface area contributed by atoms with Gasteiger partial charge >= 0.3 is 0 Å². The van der Waals surface area contributed by atoms with Crippen LogP contribution in [0.1, 0.15) is 36.1 Å². The number of nitrogens with zero attached hydrogens (tertiary/aromatic N) is 3. The third-order valence-electron chi connectivity index (χ3n) is 15.2. The zero-order chi connectivity index (χ0) is 56.8. The van der Waals surface area contributed by atoms with E-state index in [4.69, 9.17) is 14.1 Å². The Kier molecular flexibility index (Phi) is 14.6. The van der Waals surface area contributed by atoms with Gasteiger partial charge in [-0.05, 0) is 159 Å². The van der Waals surface area contributed by atoms with E-state index >= 15 is 0 Å². The van der Waals surface area contributed by atoms with Crippen molar-refractivity contribution < 1.29 is 8.83 Å². The van der Waals surface area contributed by atoms with E-state index in [9.17, 15) is 10.5 Å². The van der Waals surface area contributed by atoms with Gasteiger partial charge in [-0.1, -0.05) is 201 Å². The van der Waals surface area contributed by atoms with Gasteiger partial charge in [0, 0.05) is 43.8 Å². The summed E-state index contributed by atoms with van der Waals surface area (Å²) in [7, 11) is 0. The molecule has 0 aliphatic rings. The monoisotopic (exact) mass is 1060 g/mol. The minimum atomic E-state index is 0.639. The summed E-state index contributed by atoms with van der Waals surface area (Å²) in [5.41, 5.74) is 23.0. The molecule has 0 spiro atoms. The van der Waals surface area contributed by atoms with E-state index in [1.807, 2.05) is 153 Å². The van der Waals surface area contributed by atoms with Crippen molar-refractivity contribution in [3.63, 3.8) is 0 Å². The Bertz CT molecular complexity index is 4690. The van der Waals surface area contributed by atoms with Gasteiger partial charge in [0.25, 0.3) is 0 Å². The Labute approximate surface area is 483 Å². The molecule has 2 aromatic heterocycles. The van der Waals surface area contributed by atoms with Crippen LogP contribution in [0.3, 0.4) is 0 Å². The van der Waals surface area contributed by atoms with Crippen LogP contribution in [0.2, 0.25) is 0 Å². The maximum Gasteiger partial charge on any atom is 0.136 e. The molecular formula is C78H53N3O2. The van der Waals surface area contributed by atoms with Gasteiger partial charge < -0.3 is 8.83 Å². The molecule has 0 bridgehead atoms. The highest BCUT2D eigenvalue weighted by molar-refractivity contribution is 6.09. The molecule has 0 amide bonds. The second-order valence-electron chi connectivity index (χ2n) is 20.2. The lowest BCUT2D eigenvalue weighted by Gasteiger charge is -2.14. The molecule has 0 fully saturated rings. The SMILES string of the molecule is CC.Cc1ccc(-c2ccc3c(c2)oc2ccc(-c4cc(-c5ccccc5)c(C#N)c(-c5ccccc5)c4)cc23)cc1.N#Cc1ccc(-c2ccc3oc4ccc(-c5cc(-c6ccccc6)c(C#N)c(-c6ccccc6)c5)cc4c3c2)cc1. The maximum absolute atomic E-state index is 10.3. The lowest BCUT2D eigenvalue weighted by molar-refractivity contribution is 0.668. The van der Waals surface area contributed by atoms with E-state index in [2.05, 4.69) is 153 Å². The van der Waals surface area contributed by atoms with Crippen molar-refractivity contribution in [2.24, 2.45) is 0 Å².